The molecule has 1 spiro atoms. The topological polar surface area (TPSA) is 15.3 Å². The van der Waals surface area contributed by atoms with Crippen molar-refractivity contribution in [3.8, 4) is 0 Å². The number of nitrogens with one attached hydrogen (secondary N) is 1. The average Bonchev–Trinajstić information content (AvgIpc) is 2.62. The van der Waals surface area contributed by atoms with E-state index in [-0.39, 0.29) is 0 Å². The summed E-state index contributed by atoms with van der Waals surface area (Å²) in [4.78, 5) is 2.80. The molecule has 2 nitrogen and oxygen atoms in total. The van der Waals surface area contributed by atoms with Gasteiger partial charge in [0.15, 0.2) is 0 Å². The molecule has 20 heavy (non-hydrogen) atoms. The quantitative estimate of drug-likeness (QED) is 0.812. The fraction of sp³-hybridized carbons (Fsp3) is 1.00. The predicted octanol–water partition coefficient (Wildman–Crippen LogP) is 4.20. The minimum atomic E-state index is 0.459. The Morgan fingerprint density at radius 3 is 2.45 bits per heavy atom. The van der Waals surface area contributed by atoms with Crippen LogP contribution in [0, 0.1) is 5.92 Å². The Morgan fingerprint density at radius 1 is 1.00 bits per heavy atom. The van der Waals surface area contributed by atoms with Gasteiger partial charge in [-0.1, -0.05) is 46.0 Å². The maximum absolute atomic E-state index is 3.91. The lowest BCUT2D eigenvalue weighted by Gasteiger charge is -2.41. The first-order chi connectivity index (χ1) is 9.61. The third-order valence-electron chi connectivity index (χ3n) is 5.47. The van der Waals surface area contributed by atoms with Crippen LogP contribution >= 0.6 is 0 Å². The molecule has 0 amide bonds. The number of nitrogens with zero attached hydrogens (tertiary/aromatic N) is 1. The molecule has 2 aliphatic rings. The van der Waals surface area contributed by atoms with E-state index in [1.807, 2.05) is 0 Å². The van der Waals surface area contributed by atoms with Crippen molar-refractivity contribution >= 4 is 0 Å². The zero-order valence-corrected chi connectivity index (χ0v) is 14.1. The molecule has 1 saturated heterocycles. The lowest BCUT2D eigenvalue weighted by atomic mass is 9.81. The average molecular weight is 280 g/mol. The molecule has 0 aromatic rings. The largest absolute Gasteiger partial charge is 0.310 e. The fourth-order valence-electron chi connectivity index (χ4n) is 4.10. The summed E-state index contributed by atoms with van der Waals surface area (Å²) in [5.41, 5.74) is 0.459. The zero-order valence-electron chi connectivity index (χ0n) is 14.1. The van der Waals surface area contributed by atoms with Crippen LogP contribution in [0.3, 0.4) is 0 Å². The standard InChI is InChI=1S/C18H36N2/c1-16(2)9-7-10-17(3)20-14-8-13-19-18(15-20)11-5-4-6-12-18/h16-17,19H,4-15H2,1-3H3. The highest BCUT2D eigenvalue weighted by atomic mass is 15.2. The van der Waals surface area contributed by atoms with Crippen LogP contribution in [-0.4, -0.2) is 36.1 Å². The van der Waals surface area contributed by atoms with Crippen LogP contribution in [-0.2, 0) is 0 Å². The van der Waals surface area contributed by atoms with Gasteiger partial charge in [0.25, 0.3) is 0 Å². The summed E-state index contributed by atoms with van der Waals surface area (Å²) in [7, 11) is 0. The molecule has 1 heterocycles. The summed E-state index contributed by atoms with van der Waals surface area (Å²) < 4.78 is 0. The van der Waals surface area contributed by atoms with Crippen LogP contribution in [0.5, 0.6) is 0 Å². The first-order valence-electron chi connectivity index (χ1n) is 9.10. The van der Waals surface area contributed by atoms with Gasteiger partial charge in [-0.15, -0.1) is 0 Å². The van der Waals surface area contributed by atoms with Gasteiger partial charge in [0, 0.05) is 18.1 Å². The summed E-state index contributed by atoms with van der Waals surface area (Å²) in [5.74, 6) is 0.859. The van der Waals surface area contributed by atoms with Gasteiger partial charge in [-0.05, 0) is 51.6 Å². The highest BCUT2D eigenvalue weighted by Crippen LogP contribution is 2.31. The normalized spacial score (nSPS) is 25.8. The monoisotopic (exact) mass is 280 g/mol. The Morgan fingerprint density at radius 2 is 1.75 bits per heavy atom. The van der Waals surface area contributed by atoms with Crippen molar-refractivity contribution in [2.24, 2.45) is 5.92 Å². The predicted molar refractivity (Wildman–Crippen MR) is 88.2 cm³/mol. The van der Waals surface area contributed by atoms with Crippen molar-refractivity contribution in [1.29, 1.82) is 0 Å². The molecule has 0 aromatic carbocycles. The third-order valence-corrected chi connectivity index (χ3v) is 5.47. The Balaban J connectivity index is 1.85. The second kappa shape index (κ2) is 7.79. The number of hydrogen-bond donors (Lipinski definition) is 1. The molecule has 0 aromatic heterocycles. The summed E-state index contributed by atoms with van der Waals surface area (Å²) in [6.45, 7) is 11.0. The number of hydrogen-bond acceptors (Lipinski definition) is 2. The van der Waals surface area contributed by atoms with E-state index in [4.69, 9.17) is 0 Å². The molecule has 1 aliphatic heterocycles. The van der Waals surface area contributed by atoms with Crippen molar-refractivity contribution in [1.82, 2.24) is 10.2 Å². The molecule has 2 fully saturated rings. The van der Waals surface area contributed by atoms with Crippen molar-refractivity contribution in [2.75, 3.05) is 19.6 Å². The maximum Gasteiger partial charge on any atom is 0.0308 e. The van der Waals surface area contributed by atoms with Crippen molar-refractivity contribution < 1.29 is 0 Å². The second-order valence-electron chi connectivity index (χ2n) is 7.77. The molecular weight excluding hydrogens is 244 g/mol. The Kier molecular flexibility index (Phi) is 6.35. The summed E-state index contributed by atoms with van der Waals surface area (Å²) in [6, 6.07) is 0.771. The fourth-order valence-corrected chi connectivity index (χ4v) is 4.10. The minimum Gasteiger partial charge on any atom is -0.310 e. The van der Waals surface area contributed by atoms with Gasteiger partial charge >= 0.3 is 0 Å². The van der Waals surface area contributed by atoms with Gasteiger partial charge < -0.3 is 5.32 Å². The van der Waals surface area contributed by atoms with E-state index in [9.17, 15) is 0 Å². The molecule has 2 rings (SSSR count). The van der Waals surface area contributed by atoms with Crippen molar-refractivity contribution in [2.45, 2.75) is 90.1 Å². The molecule has 1 unspecified atom stereocenters. The summed E-state index contributed by atoms with van der Waals surface area (Å²) in [5, 5.41) is 3.91. The molecular formula is C18H36N2. The molecule has 118 valence electrons. The van der Waals surface area contributed by atoms with Crippen LogP contribution in [0.2, 0.25) is 0 Å². The van der Waals surface area contributed by atoms with Gasteiger partial charge in [0.2, 0.25) is 0 Å². The number of rotatable bonds is 5. The molecule has 1 N–H and O–H groups in total. The van der Waals surface area contributed by atoms with Gasteiger partial charge in [0.1, 0.15) is 0 Å². The maximum atomic E-state index is 3.91. The highest BCUT2D eigenvalue weighted by Gasteiger charge is 2.35. The van der Waals surface area contributed by atoms with E-state index in [0.717, 1.165) is 12.0 Å². The van der Waals surface area contributed by atoms with Gasteiger partial charge in [0.05, 0.1) is 0 Å². The van der Waals surface area contributed by atoms with Crippen LogP contribution in [0.25, 0.3) is 0 Å². The third kappa shape index (κ3) is 4.73. The lowest BCUT2D eigenvalue weighted by molar-refractivity contribution is 0.128. The Bertz CT molecular complexity index is 269. The van der Waals surface area contributed by atoms with Gasteiger partial charge in [-0.25, -0.2) is 0 Å². The van der Waals surface area contributed by atoms with E-state index in [1.165, 1.54) is 77.4 Å². The molecule has 1 saturated carbocycles. The SMILES string of the molecule is CC(C)CCCC(C)N1CCCNC2(CCCCC2)C1. The minimum absolute atomic E-state index is 0.459. The van der Waals surface area contributed by atoms with E-state index >= 15 is 0 Å². The van der Waals surface area contributed by atoms with Gasteiger partial charge in [-0.3, -0.25) is 4.90 Å². The summed E-state index contributed by atoms with van der Waals surface area (Å²) in [6.07, 6.45) is 12.6. The first kappa shape index (κ1) is 16.3. The highest BCUT2D eigenvalue weighted by molar-refractivity contribution is 4.96. The van der Waals surface area contributed by atoms with E-state index in [2.05, 4.69) is 31.0 Å². The lowest BCUT2D eigenvalue weighted by Crippen LogP contribution is -2.54. The van der Waals surface area contributed by atoms with Crippen LogP contribution in [0.4, 0.5) is 0 Å². The van der Waals surface area contributed by atoms with Crippen molar-refractivity contribution in [3.05, 3.63) is 0 Å². The Hall–Kier alpha value is -0.0800. The second-order valence-corrected chi connectivity index (χ2v) is 7.77. The van der Waals surface area contributed by atoms with Crippen LogP contribution in [0.15, 0.2) is 0 Å². The van der Waals surface area contributed by atoms with Crippen LogP contribution < -0.4 is 5.32 Å². The molecule has 1 aliphatic carbocycles. The smallest absolute Gasteiger partial charge is 0.0308 e. The van der Waals surface area contributed by atoms with Crippen molar-refractivity contribution in [3.63, 3.8) is 0 Å². The van der Waals surface area contributed by atoms with Gasteiger partial charge in [-0.2, -0.15) is 0 Å². The first-order valence-corrected chi connectivity index (χ1v) is 9.10. The van der Waals surface area contributed by atoms with Crippen LogP contribution in [0.1, 0.15) is 78.6 Å². The Labute approximate surface area is 126 Å². The van der Waals surface area contributed by atoms with E-state index in [1.54, 1.807) is 0 Å². The summed E-state index contributed by atoms with van der Waals surface area (Å²) >= 11 is 0. The molecule has 2 heteroatoms. The molecule has 0 radical (unpaired) electrons. The molecule has 0 bridgehead atoms. The van der Waals surface area contributed by atoms with E-state index in [0.29, 0.717) is 5.54 Å². The van der Waals surface area contributed by atoms with E-state index < -0.39 is 0 Å². The zero-order chi connectivity index (χ0) is 14.4. The molecule has 1 atom stereocenters.